The van der Waals surface area contributed by atoms with E-state index in [2.05, 4.69) is 15.2 Å². The fourth-order valence-electron chi connectivity index (χ4n) is 3.86. The van der Waals surface area contributed by atoms with Crippen LogP contribution < -0.4 is 9.64 Å². The Labute approximate surface area is 199 Å². The second-order valence-corrected chi connectivity index (χ2v) is 9.04. The second-order valence-electron chi connectivity index (χ2n) is 7.66. The van der Waals surface area contributed by atoms with Gasteiger partial charge in [0.1, 0.15) is 23.3 Å². The van der Waals surface area contributed by atoms with E-state index in [0.717, 1.165) is 28.8 Å². The number of anilines is 1. The number of benzene rings is 2. The van der Waals surface area contributed by atoms with E-state index in [0.29, 0.717) is 47.7 Å². The molecule has 0 N–H and O–H groups in total. The van der Waals surface area contributed by atoms with Crippen molar-refractivity contribution in [2.45, 2.75) is 6.54 Å². The number of hydrogen-bond donors (Lipinski definition) is 0. The number of fused-ring (bicyclic) bond motifs is 2. The van der Waals surface area contributed by atoms with Crippen LogP contribution in [0, 0.1) is 0 Å². The van der Waals surface area contributed by atoms with E-state index < -0.39 is 0 Å². The van der Waals surface area contributed by atoms with Crippen LogP contribution in [-0.4, -0.2) is 77.3 Å². The summed E-state index contributed by atoms with van der Waals surface area (Å²) in [5.41, 5.74) is 2.22. The van der Waals surface area contributed by atoms with Crippen LogP contribution in [0.5, 0.6) is 5.75 Å². The predicted molar refractivity (Wildman–Crippen MR) is 128 cm³/mol. The highest BCUT2D eigenvalue weighted by molar-refractivity contribution is 7.23. The van der Waals surface area contributed by atoms with Crippen molar-refractivity contribution < 1.29 is 14.3 Å². The van der Waals surface area contributed by atoms with Crippen molar-refractivity contribution in [3.8, 4) is 5.75 Å². The van der Waals surface area contributed by atoms with Crippen LogP contribution in [0.25, 0.3) is 21.3 Å². The molecule has 2 aromatic heterocycles. The minimum absolute atomic E-state index is 0.0599. The van der Waals surface area contributed by atoms with Gasteiger partial charge in [-0.25, -0.2) is 9.67 Å². The van der Waals surface area contributed by atoms with Crippen molar-refractivity contribution >= 4 is 55.2 Å². The Morgan fingerprint density at radius 2 is 2.06 bits per heavy atom. The number of carbonyl (C=O) groups is 1. The largest absolute Gasteiger partial charge is 0.494 e. The Balaban J connectivity index is 1.46. The Hall–Kier alpha value is -2.79. The molecule has 172 valence electrons. The van der Waals surface area contributed by atoms with Crippen molar-refractivity contribution in [2.24, 2.45) is 0 Å². The number of aromatic nitrogens is 4. The van der Waals surface area contributed by atoms with Crippen molar-refractivity contribution in [2.75, 3.05) is 51.4 Å². The lowest BCUT2D eigenvalue weighted by molar-refractivity contribution is -0.119. The molecule has 1 aliphatic heterocycles. The number of thiazole rings is 1. The Morgan fingerprint density at radius 1 is 1.24 bits per heavy atom. The summed E-state index contributed by atoms with van der Waals surface area (Å²) in [6, 6.07) is 11.2. The lowest BCUT2D eigenvalue weighted by atomic mass is 10.3. The van der Waals surface area contributed by atoms with Crippen LogP contribution in [0.15, 0.2) is 36.4 Å². The summed E-state index contributed by atoms with van der Waals surface area (Å²) in [7, 11) is 1.60. The molecular weight excluding hydrogens is 464 g/mol. The molecule has 4 aromatic rings. The fourth-order valence-corrected chi connectivity index (χ4v) is 5.16. The Bertz CT molecular complexity index is 1290. The maximum Gasteiger partial charge on any atom is 0.250 e. The predicted octanol–water partition coefficient (Wildman–Crippen LogP) is 3.07. The van der Waals surface area contributed by atoms with E-state index in [-0.39, 0.29) is 12.5 Å². The highest BCUT2D eigenvalue weighted by Crippen LogP contribution is 2.38. The molecule has 0 unspecified atom stereocenters. The zero-order valence-electron chi connectivity index (χ0n) is 18.1. The first-order chi connectivity index (χ1) is 16.1. The molecule has 0 saturated carbocycles. The number of amides is 1. The van der Waals surface area contributed by atoms with Gasteiger partial charge in [0, 0.05) is 26.2 Å². The number of morpholine rings is 1. The zero-order chi connectivity index (χ0) is 22.8. The van der Waals surface area contributed by atoms with Gasteiger partial charge in [0.05, 0.1) is 35.6 Å². The summed E-state index contributed by atoms with van der Waals surface area (Å²) in [5.74, 6) is 0.507. The molecule has 1 saturated heterocycles. The van der Waals surface area contributed by atoms with E-state index >= 15 is 0 Å². The molecule has 0 bridgehead atoms. The summed E-state index contributed by atoms with van der Waals surface area (Å²) >= 11 is 7.82. The normalized spacial score (nSPS) is 14.7. The molecule has 0 atom stereocenters. The van der Waals surface area contributed by atoms with Crippen LogP contribution in [0.2, 0.25) is 5.02 Å². The van der Waals surface area contributed by atoms with Crippen LogP contribution in [0.1, 0.15) is 0 Å². The quantitative estimate of drug-likeness (QED) is 0.397. The topological polar surface area (TPSA) is 85.6 Å². The van der Waals surface area contributed by atoms with E-state index in [4.69, 9.17) is 26.1 Å². The molecule has 3 heterocycles. The minimum atomic E-state index is -0.118. The average molecular weight is 487 g/mol. The van der Waals surface area contributed by atoms with Gasteiger partial charge in [0.2, 0.25) is 0 Å². The molecule has 11 heteroatoms. The number of rotatable bonds is 7. The molecule has 0 spiro atoms. The van der Waals surface area contributed by atoms with Gasteiger partial charge in [0.15, 0.2) is 5.13 Å². The van der Waals surface area contributed by atoms with Crippen molar-refractivity contribution in [1.82, 2.24) is 24.9 Å². The number of ether oxygens (including phenoxy) is 2. The van der Waals surface area contributed by atoms with Crippen LogP contribution in [0.4, 0.5) is 5.13 Å². The van der Waals surface area contributed by atoms with Crippen LogP contribution >= 0.6 is 22.9 Å². The smallest absolute Gasteiger partial charge is 0.250 e. The SMILES string of the molecule is COc1ccc(Cl)c2sc(N(CCN3CCOCC3)C(=O)Cn3nnc4ccccc43)nc12. The third-order valence-electron chi connectivity index (χ3n) is 5.65. The van der Waals surface area contributed by atoms with Crippen molar-refractivity contribution in [1.29, 1.82) is 0 Å². The molecule has 1 aliphatic rings. The molecule has 5 rings (SSSR count). The van der Waals surface area contributed by atoms with Gasteiger partial charge in [-0.1, -0.05) is 40.3 Å². The third kappa shape index (κ3) is 4.51. The van der Waals surface area contributed by atoms with E-state index in [1.54, 1.807) is 28.8 Å². The molecule has 1 amide bonds. The van der Waals surface area contributed by atoms with Gasteiger partial charge in [-0.05, 0) is 24.3 Å². The molecular formula is C22H23ClN6O3S. The van der Waals surface area contributed by atoms with Crippen LogP contribution in [-0.2, 0) is 16.1 Å². The first kappa shape index (κ1) is 22.0. The van der Waals surface area contributed by atoms with Gasteiger partial charge in [-0.2, -0.15) is 0 Å². The van der Waals surface area contributed by atoms with Gasteiger partial charge < -0.3 is 9.47 Å². The Morgan fingerprint density at radius 3 is 2.88 bits per heavy atom. The maximum absolute atomic E-state index is 13.5. The highest BCUT2D eigenvalue weighted by atomic mass is 35.5. The Kier molecular flexibility index (Phi) is 6.41. The molecule has 2 aromatic carbocycles. The molecule has 0 radical (unpaired) electrons. The fraction of sp³-hybridized carbons (Fsp3) is 0.364. The summed E-state index contributed by atoms with van der Waals surface area (Å²) in [5, 5.41) is 9.51. The van der Waals surface area contributed by atoms with Gasteiger partial charge in [-0.3, -0.25) is 14.6 Å². The lowest BCUT2D eigenvalue weighted by Crippen LogP contribution is -2.44. The van der Waals surface area contributed by atoms with Gasteiger partial charge in [-0.15, -0.1) is 5.10 Å². The first-order valence-corrected chi connectivity index (χ1v) is 11.8. The van der Waals surface area contributed by atoms with Crippen molar-refractivity contribution in [3.63, 3.8) is 0 Å². The summed E-state index contributed by atoms with van der Waals surface area (Å²) < 4.78 is 13.3. The number of hydrogen-bond acceptors (Lipinski definition) is 8. The number of halogens is 1. The second kappa shape index (κ2) is 9.60. The van der Waals surface area contributed by atoms with Crippen molar-refractivity contribution in [3.05, 3.63) is 41.4 Å². The zero-order valence-corrected chi connectivity index (χ0v) is 19.7. The van der Waals surface area contributed by atoms with Gasteiger partial charge in [0.25, 0.3) is 5.91 Å². The first-order valence-electron chi connectivity index (χ1n) is 10.7. The molecule has 1 fully saturated rings. The number of nitrogens with zero attached hydrogens (tertiary/aromatic N) is 6. The minimum Gasteiger partial charge on any atom is -0.494 e. The number of carbonyl (C=O) groups excluding carboxylic acids is 1. The third-order valence-corrected chi connectivity index (χ3v) is 7.19. The number of para-hydroxylation sites is 1. The highest BCUT2D eigenvalue weighted by Gasteiger charge is 2.24. The van der Waals surface area contributed by atoms with Crippen LogP contribution in [0.3, 0.4) is 0 Å². The van der Waals surface area contributed by atoms with E-state index in [1.165, 1.54) is 11.3 Å². The lowest BCUT2D eigenvalue weighted by Gasteiger charge is -2.29. The molecule has 9 nitrogen and oxygen atoms in total. The molecule has 33 heavy (non-hydrogen) atoms. The monoisotopic (exact) mass is 486 g/mol. The standard InChI is InChI=1S/C22H23ClN6O3S/c1-31-18-7-6-15(23)21-20(18)24-22(33-21)28(9-8-27-10-12-32-13-11-27)19(30)14-29-17-5-3-2-4-16(17)25-26-29/h2-7H,8-14H2,1H3. The summed E-state index contributed by atoms with van der Waals surface area (Å²) in [6.45, 7) is 4.35. The summed E-state index contributed by atoms with van der Waals surface area (Å²) in [6.07, 6.45) is 0. The van der Waals surface area contributed by atoms with E-state index in [1.807, 2.05) is 24.3 Å². The number of methoxy groups -OCH3 is 1. The van der Waals surface area contributed by atoms with Gasteiger partial charge >= 0.3 is 0 Å². The average Bonchev–Trinajstić information content (AvgIpc) is 3.46. The van der Waals surface area contributed by atoms with E-state index in [9.17, 15) is 4.79 Å². The maximum atomic E-state index is 13.5. The summed E-state index contributed by atoms with van der Waals surface area (Å²) in [4.78, 5) is 22.3. The molecule has 0 aliphatic carbocycles.